The molecule has 0 spiro atoms. The van der Waals surface area contributed by atoms with Gasteiger partial charge in [0.25, 0.3) is 0 Å². The van der Waals surface area contributed by atoms with Gasteiger partial charge in [0.1, 0.15) is 11.6 Å². The van der Waals surface area contributed by atoms with Gasteiger partial charge in [-0.2, -0.15) is 0 Å². The van der Waals surface area contributed by atoms with Crippen molar-refractivity contribution in [2.45, 2.75) is 45.4 Å². The Morgan fingerprint density at radius 2 is 1.71 bits per heavy atom. The lowest BCUT2D eigenvalue weighted by atomic mass is 10.0. The maximum Gasteiger partial charge on any atom is 0.408 e. The van der Waals surface area contributed by atoms with Gasteiger partial charge in [-0.1, -0.05) is 24.3 Å². The molecule has 0 aliphatic heterocycles. The van der Waals surface area contributed by atoms with E-state index in [0.717, 1.165) is 11.1 Å². The molecular weight excluding hydrogens is 274 g/mol. The van der Waals surface area contributed by atoms with Crippen LogP contribution in [0.5, 0.6) is 0 Å². The topological polar surface area (TPSA) is 95.9 Å². The number of carboxylic acids is 1. The van der Waals surface area contributed by atoms with Gasteiger partial charge in [-0.3, -0.25) is 0 Å². The van der Waals surface area contributed by atoms with Crippen molar-refractivity contribution >= 4 is 12.1 Å². The molecule has 0 aliphatic rings. The molecule has 1 aromatic rings. The number of nitrogens with one attached hydrogen (secondary N) is 1. The van der Waals surface area contributed by atoms with Crippen molar-refractivity contribution < 1.29 is 24.5 Å². The number of hydrogen-bond donors (Lipinski definition) is 3. The molecule has 0 fully saturated rings. The van der Waals surface area contributed by atoms with Gasteiger partial charge in [-0.05, 0) is 31.9 Å². The van der Waals surface area contributed by atoms with Crippen molar-refractivity contribution in [2.75, 3.05) is 0 Å². The minimum Gasteiger partial charge on any atom is -0.480 e. The smallest absolute Gasteiger partial charge is 0.408 e. The molecule has 116 valence electrons. The number of ether oxygens (including phenoxy) is 1. The van der Waals surface area contributed by atoms with Gasteiger partial charge in [0, 0.05) is 6.42 Å². The molecule has 1 amide bonds. The van der Waals surface area contributed by atoms with Crippen LogP contribution in [0.2, 0.25) is 0 Å². The average molecular weight is 295 g/mol. The number of hydrogen-bond acceptors (Lipinski definition) is 4. The van der Waals surface area contributed by atoms with Crippen molar-refractivity contribution in [1.82, 2.24) is 5.32 Å². The van der Waals surface area contributed by atoms with E-state index < -0.39 is 23.7 Å². The molecule has 1 aromatic carbocycles. The summed E-state index contributed by atoms with van der Waals surface area (Å²) in [5.74, 6) is -1.13. The first-order valence-corrected chi connectivity index (χ1v) is 6.62. The summed E-state index contributed by atoms with van der Waals surface area (Å²) in [4.78, 5) is 22.9. The number of aliphatic hydroxyl groups is 1. The number of carboxylic acid groups (broad SMARTS) is 1. The summed E-state index contributed by atoms with van der Waals surface area (Å²) in [6.45, 7) is 5.04. The Hall–Kier alpha value is -2.08. The lowest BCUT2D eigenvalue weighted by molar-refractivity contribution is -0.139. The largest absolute Gasteiger partial charge is 0.480 e. The molecule has 0 aliphatic carbocycles. The first-order chi connectivity index (χ1) is 9.71. The molecule has 3 N–H and O–H groups in total. The summed E-state index contributed by atoms with van der Waals surface area (Å²) in [5, 5.41) is 20.5. The zero-order chi connectivity index (χ0) is 16.0. The number of aliphatic hydroxyl groups excluding tert-OH is 1. The van der Waals surface area contributed by atoms with E-state index in [9.17, 15) is 14.7 Å². The van der Waals surface area contributed by atoms with Crippen LogP contribution in [-0.2, 0) is 22.6 Å². The van der Waals surface area contributed by atoms with Crippen molar-refractivity contribution in [2.24, 2.45) is 0 Å². The molecule has 0 radical (unpaired) electrons. The van der Waals surface area contributed by atoms with E-state index in [1.54, 1.807) is 45.0 Å². The normalized spacial score (nSPS) is 12.6. The second-order valence-corrected chi connectivity index (χ2v) is 5.72. The number of benzene rings is 1. The van der Waals surface area contributed by atoms with Gasteiger partial charge < -0.3 is 20.3 Å². The Morgan fingerprint density at radius 3 is 2.14 bits per heavy atom. The van der Waals surface area contributed by atoms with E-state index in [4.69, 9.17) is 9.84 Å². The van der Waals surface area contributed by atoms with Crippen LogP contribution in [0.3, 0.4) is 0 Å². The Balaban J connectivity index is 2.69. The molecular formula is C15H21NO5. The predicted octanol–water partition coefficient (Wildman–Crippen LogP) is 1.70. The quantitative estimate of drug-likeness (QED) is 0.768. The highest BCUT2D eigenvalue weighted by Crippen LogP contribution is 2.10. The van der Waals surface area contributed by atoms with Crippen LogP contribution in [0.1, 0.15) is 31.9 Å². The second kappa shape index (κ2) is 7.08. The van der Waals surface area contributed by atoms with Gasteiger partial charge in [-0.15, -0.1) is 0 Å². The third-order valence-corrected chi connectivity index (χ3v) is 2.63. The van der Waals surface area contributed by atoms with Gasteiger partial charge in [0.15, 0.2) is 0 Å². The van der Waals surface area contributed by atoms with E-state index in [-0.39, 0.29) is 13.0 Å². The number of amides is 1. The maximum absolute atomic E-state index is 11.6. The molecule has 1 atom stereocenters. The first-order valence-electron chi connectivity index (χ1n) is 6.62. The highest BCUT2D eigenvalue weighted by Gasteiger charge is 2.24. The lowest BCUT2D eigenvalue weighted by Crippen LogP contribution is -2.44. The number of carbonyl (C=O) groups excluding carboxylic acids is 1. The van der Waals surface area contributed by atoms with E-state index >= 15 is 0 Å². The van der Waals surface area contributed by atoms with Gasteiger partial charge in [0.2, 0.25) is 0 Å². The minimum atomic E-state index is -1.13. The Labute approximate surface area is 123 Å². The fraction of sp³-hybridized carbons (Fsp3) is 0.467. The Bertz CT molecular complexity index is 490. The molecule has 6 heteroatoms. The minimum absolute atomic E-state index is 0.0706. The fourth-order valence-electron chi connectivity index (χ4n) is 1.67. The zero-order valence-corrected chi connectivity index (χ0v) is 12.4. The maximum atomic E-state index is 11.6. The SMILES string of the molecule is CC(C)(C)OC(=O)NC(Cc1ccc(CO)cc1)C(=O)O. The van der Waals surface area contributed by atoms with Gasteiger partial charge in [0.05, 0.1) is 6.61 Å². The standard InChI is InChI=1S/C15H21NO5/c1-15(2,3)21-14(20)16-12(13(18)19)8-10-4-6-11(9-17)7-5-10/h4-7,12,17H,8-9H2,1-3H3,(H,16,20)(H,18,19). The summed E-state index contributed by atoms with van der Waals surface area (Å²) < 4.78 is 5.05. The molecule has 0 heterocycles. The highest BCUT2D eigenvalue weighted by atomic mass is 16.6. The highest BCUT2D eigenvalue weighted by molar-refractivity contribution is 5.80. The molecule has 1 unspecified atom stereocenters. The first kappa shape index (κ1) is 17.0. The van der Waals surface area contributed by atoms with Crippen LogP contribution < -0.4 is 5.32 Å². The number of rotatable bonds is 5. The van der Waals surface area contributed by atoms with E-state index in [2.05, 4.69) is 5.32 Å². The molecule has 6 nitrogen and oxygen atoms in total. The third-order valence-electron chi connectivity index (χ3n) is 2.63. The van der Waals surface area contributed by atoms with Crippen LogP contribution in [0.4, 0.5) is 4.79 Å². The molecule has 0 saturated heterocycles. The summed E-state index contributed by atoms with van der Waals surface area (Å²) >= 11 is 0. The Kier molecular flexibility index (Phi) is 5.72. The molecule has 0 bridgehead atoms. The van der Waals surface area contributed by atoms with Crippen LogP contribution in [0.25, 0.3) is 0 Å². The molecule has 1 rings (SSSR count). The van der Waals surface area contributed by atoms with Crippen molar-refractivity contribution in [3.05, 3.63) is 35.4 Å². The van der Waals surface area contributed by atoms with Crippen LogP contribution in [0, 0.1) is 0 Å². The average Bonchev–Trinajstić information content (AvgIpc) is 2.36. The summed E-state index contributed by atoms with van der Waals surface area (Å²) in [5.41, 5.74) is 0.803. The van der Waals surface area contributed by atoms with Crippen LogP contribution in [-0.4, -0.2) is 33.9 Å². The predicted molar refractivity (Wildman–Crippen MR) is 76.9 cm³/mol. The Morgan fingerprint density at radius 1 is 1.19 bits per heavy atom. The zero-order valence-electron chi connectivity index (χ0n) is 12.4. The van der Waals surface area contributed by atoms with Gasteiger partial charge >= 0.3 is 12.1 Å². The molecule has 21 heavy (non-hydrogen) atoms. The van der Waals surface area contributed by atoms with E-state index in [0.29, 0.717) is 0 Å². The summed E-state index contributed by atoms with van der Waals surface area (Å²) in [7, 11) is 0. The monoisotopic (exact) mass is 295 g/mol. The van der Waals surface area contributed by atoms with Crippen molar-refractivity contribution in [3.63, 3.8) is 0 Å². The molecule has 0 saturated carbocycles. The number of alkyl carbamates (subject to hydrolysis) is 1. The summed E-state index contributed by atoms with van der Waals surface area (Å²) in [6.07, 6.45) is -0.623. The van der Waals surface area contributed by atoms with Crippen LogP contribution in [0.15, 0.2) is 24.3 Å². The summed E-state index contributed by atoms with van der Waals surface area (Å²) in [6, 6.07) is 5.79. The third kappa shape index (κ3) is 6.27. The van der Waals surface area contributed by atoms with E-state index in [1.807, 2.05) is 0 Å². The van der Waals surface area contributed by atoms with Crippen molar-refractivity contribution in [1.29, 1.82) is 0 Å². The van der Waals surface area contributed by atoms with Crippen molar-refractivity contribution in [3.8, 4) is 0 Å². The van der Waals surface area contributed by atoms with Crippen LogP contribution >= 0.6 is 0 Å². The van der Waals surface area contributed by atoms with Gasteiger partial charge in [-0.25, -0.2) is 9.59 Å². The lowest BCUT2D eigenvalue weighted by Gasteiger charge is -2.22. The second-order valence-electron chi connectivity index (χ2n) is 5.72. The molecule has 0 aromatic heterocycles. The number of aliphatic carboxylic acids is 1. The van der Waals surface area contributed by atoms with E-state index in [1.165, 1.54) is 0 Å². The fourth-order valence-corrected chi connectivity index (χ4v) is 1.67. The number of carbonyl (C=O) groups is 2.